The maximum absolute atomic E-state index is 13.4. The van der Waals surface area contributed by atoms with Gasteiger partial charge in [-0.15, -0.1) is 0 Å². The van der Waals surface area contributed by atoms with Crippen LogP contribution >= 0.6 is 0 Å². The standard InChI is InChI=1S/C24H28N4O4S/c1-17-8-10-19(11-9-17)33(31,32)27-14-4-7-22(27)23(29)26-15-12-18(13-16-26)28-21-6-3-2-5-20(21)25-24(28)30/h2-3,5-6,8-11,18,22H,4,7,12-16H2,1H3,(H,25,30)/t22-/m1/s1. The summed E-state index contributed by atoms with van der Waals surface area (Å²) in [4.78, 5) is 30.8. The normalized spacial score (nSPS) is 20.5. The lowest BCUT2D eigenvalue weighted by Crippen LogP contribution is -2.50. The van der Waals surface area contributed by atoms with Gasteiger partial charge in [0.1, 0.15) is 6.04 Å². The third-order valence-corrected chi connectivity index (χ3v) is 8.80. The van der Waals surface area contributed by atoms with Gasteiger partial charge in [-0.05, 0) is 56.9 Å². The molecule has 1 atom stereocenters. The Balaban J connectivity index is 1.31. The molecule has 1 amide bonds. The van der Waals surface area contributed by atoms with Crippen molar-refractivity contribution >= 4 is 27.0 Å². The molecule has 2 saturated heterocycles. The predicted octanol–water partition coefficient (Wildman–Crippen LogP) is 2.65. The third kappa shape index (κ3) is 3.89. The van der Waals surface area contributed by atoms with Crippen molar-refractivity contribution in [2.75, 3.05) is 19.6 Å². The zero-order valence-electron chi connectivity index (χ0n) is 18.6. The molecule has 2 aromatic carbocycles. The number of imidazole rings is 1. The number of aromatic nitrogens is 2. The first kappa shape index (κ1) is 21.9. The molecule has 5 rings (SSSR count). The number of hydrogen-bond donors (Lipinski definition) is 1. The number of piperidine rings is 1. The Kier molecular flexibility index (Phi) is 5.62. The lowest BCUT2D eigenvalue weighted by molar-refractivity contribution is -0.135. The van der Waals surface area contributed by atoms with Gasteiger partial charge in [0.2, 0.25) is 15.9 Å². The first-order valence-corrected chi connectivity index (χ1v) is 12.9. The second-order valence-electron chi connectivity index (χ2n) is 8.96. The lowest BCUT2D eigenvalue weighted by Gasteiger charge is -2.35. The van der Waals surface area contributed by atoms with Gasteiger partial charge in [-0.1, -0.05) is 29.8 Å². The molecule has 0 saturated carbocycles. The zero-order chi connectivity index (χ0) is 23.2. The van der Waals surface area contributed by atoms with Crippen molar-refractivity contribution < 1.29 is 13.2 Å². The molecular weight excluding hydrogens is 440 g/mol. The predicted molar refractivity (Wildman–Crippen MR) is 126 cm³/mol. The molecule has 0 radical (unpaired) electrons. The number of fused-ring (bicyclic) bond motifs is 1. The summed E-state index contributed by atoms with van der Waals surface area (Å²) in [5.74, 6) is -0.132. The van der Waals surface area contributed by atoms with Gasteiger partial charge in [-0.25, -0.2) is 13.2 Å². The van der Waals surface area contributed by atoms with Gasteiger partial charge in [-0.2, -0.15) is 4.31 Å². The Hall–Kier alpha value is -2.91. The molecule has 2 aliphatic heterocycles. The average molecular weight is 469 g/mol. The van der Waals surface area contributed by atoms with E-state index in [0.717, 1.165) is 16.6 Å². The van der Waals surface area contributed by atoms with Gasteiger partial charge >= 0.3 is 5.69 Å². The number of nitrogens with zero attached hydrogens (tertiary/aromatic N) is 3. The number of para-hydroxylation sites is 2. The van der Waals surface area contributed by atoms with Gasteiger partial charge in [-0.3, -0.25) is 9.36 Å². The van der Waals surface area contributed by atoms with Crippen LogP contribution in [0.5, 0.6) is 0 Å². The number of nitrogens with one attached hydrogen (secondary N) is 1. The summed E-state index contributed by atoms with van der Waals surface area (Å²) in [6.45, 7) is 3.27. The largest absolute Gasteiger partial charge is 0.341 e. The van der Waals surface area contributed by atoms with E-state index in [0.29, 0.717) is 45.3 Å². The average Bonchev–Trinajstić information content (AvgIpc) is 3.44. The number of carbonyl (C=O) groups excluding carboxylic acids is 1. The summed E-state index contributed by atoms with van der Waals surface area (Å²) in [5, 5.41) is 0. The third-order valence-electron chi connectivity index (χ3n) is 6.88. The summed E-state index contributed by atoms with van der Waals surface area (Å²) in [5.41, 5.74) is 2.54. The maximum atomic E-state index is 13.4. The Morgan fingerprint density at radius 3 is 2.39 bits per heavy atom. The van der Waals surface area contributed by atoms with Crippen molar-refractivity contribution in [3.63, 3.8) is 0 Å². The van der Waals surface area contributed by atoms with E-state index >= 15 is 0 Å². The van der Waals surface area contributed by atoms with Crippen LogP contribution in [0.2, 0.25) is 0 Å². The quantitative estimate of drug-likeness (QED) is 0.637. The minimum Gasteiger partial charge on any atom is -0.341 e. The van der Waals surface area contributed by atoms with E-state index in [2.05, 4.69) is 4.98 Å². The highest BCUT2D eigenvalue weighted by atomic mass is 32.2. The molecule has 0 bridgehead atoms. The summed E-state index contributed by atoms with van der Waals surface area (Å²) >= 11 is 0. The van der Waals surface area contributed by atoms with Crippen LogP contribution in [0.1, 0.15) is 37.3 Å². The van der Waals surface area contributed by atoms with Crippen LogP contribution in [-0.2, 0) is 14.8 Å². The van der Waals surface area contributed by atoms with Crippen LogP contribution < -0.4 is 5.69 Å². The second-order valence-corrected chi connectivity index (χ2v) is 10.9. The summed E-state index contributed by atoms with van der Waals surface area (Å²) in [6.07, 6.45) is 2.52. The summed E-state index contributed by atoms with van der Waals surface area (Å²) in [7, 11) is -3.73. The number of hydrogen-bond acceptors (Lipinski definition) is 4. The van der Waals surface area contributed by atoms with E-state index in [-0.39, 0.29) is 22.5 Å². The molecule has 174 valence electrons. The fourth-order valence-corrected chi connectivity index (χ4v) is 6.76. The number of aryl methyl sites for hydroxylation is 1. The topological polar surface area (TPSA) is 95.5 Å². The highest BCUT2D eigenvalue weighted by molar-refractivity contribution is 7.89. The molecule has 8 nitrogen and oxygen atoms in total. The Labute approximate surface area is 192 Å². The van der Waals surface area contributed by atoms with Gasteiger partial charge in [0.05, 0.1) is 15.9 Å². The summed E-state index contributed by atoms with van der Waals surface area (Å²) < 4.78 is 29.6. The molecule has 0 unspecified atom stereocenters. The van der Waals surface area contributed by atoms with E-state index < -0.39 is 16.1 Å². The minimum absolute atomic E-state index is 0.00803. The number of amides is 1. The zero-order valence-corrected chi connectivity index (χ0v) is 19.4. The van der Waals surface area contributed by atoms with Gasteiger partial charge < -0.3 is 9.88 Å². The highest BCUT2D eigenvalue weighted by Gasteiger charge is 2.41. The smallest absolute Gasteiger partial charge is 0.326 e. The molecule has 1 N–H and O–H groups in total. The fourth-order valence-electron chi connectivity index (χ4n) is 5.11. The molecule has 2 aliphatic rings. The SMILES string of the molecule is Cc1ccc(S(=O)(=O)N2CCC[C@@H]2C(=O)N2CCC(n3c(=O)[nH]c4ccccc43)CC2)cc1. The fraction of sp³-hybridized carbons (Fsp3) is 0.417. The van der Waals surface area contributed by atoms with Crippen molar-refractivity contribution in [3.05, 3.63) is 64.6 Å². The van der Waals surface area contributed by atoms with Crippen molar-refractivity contribution in [3.8, 4) is 0 Å². The lowest BCUT2D eigenvalue weighted by atomic mass is 10.0. The van der Waals surface area contributed by atoms with E-state index in [1.54, 1.807) is 33.7 Å². The number of carbonyl (C=O) groups is 1. The first-order chi connectivity index (χ1) is 15.9. The molecular formula is C24H28N4O4S. The minimum atomic E-state index is -3.73. The van der Waals surface area contributed by atoms with Crippen LogP contribution in [0, 0.1) is 6.92 Å². The van der Waals surface area contributed by atoms with E-state index in [9.17, 15) is 18.0 Å². The van der Waals surface area contributed by atoms with Gasteiger partial charge in [0.15, 0.2) is 0 Å². The molecule has 33 heavy (non-hydrogen) atoms. The molecule has 9 heteroatoms. The van der Waals surface area contributed by atoms with Crippen molar-refractivity contribution in [1.82, 2.24) is 18.8 Å². The van der Waals surface area contributed by atoms with Crippen LogP contribution in [0.25, 0.3) is 11.0 Å². The van der Waals surface area contributed by atoms with E-state index in [1.807, 2.05) is 31.2 Å². The highest BCUT2D eigenvalue weighted by Crippen LogP contribution is 2.30. The number of likely N-dealkylation sites (tertiary alicyclic amines) is 1. The number of H-pyrrole nitrogens is 1. The van der Waals surface area contributed by atoms with E-state index in [1.165, 1.54) is 4.31 Å². The molecule has 3 aromatic rings. The molecule has 2 fully saturated rings. The Morgan fingerprint density at radius 1 is 0.970 bits per heavy atom. The van der Waals surface area contributed by atoms with Crippen molar-refractivity contribution in [2.45, 2.75) is 49.6 Å². The van der Waals surface area contributed by atoms with Crippen LogP contribution in [0.3, 0.4) is 0 Å². The molecule has 0 spiro atoms. The number of sulfonamides is 1. The van der Waals surface area contributed by atoms with E-state index in [4.69, 9.17) is 0 Å². The number of benzene rings is 2. The van der Waals surface area contributed by atoms with Crippen LogP contribution in [0.15, 0.2) is 58.2 Å². The van der Waals surface area contributed by atoms with Crippen molar-refractivity contribution in [1.29, 1.82) is 0 Å². The number of rotatable bonds is 4. The Morgan fingerprint density at radius 2 is 1.67 bits per heavy atom. The first-order valence-electron chi connectivity index (χ1n) is 11.4. The monoisotopic (exact) mass is 468 g/mol. The molecule has 3 heterocycles. The Bertz CT molecular complexity index is 1330. The van der Waals surface area contributed by atoms with Crippen LogP contribution in [-0.4, -0.2) is 58.8 Å². The second kappa shape index (κ2) is 8.46. The van der Waals surface area contributed by atoms with Crippen molar-refractivity contribution in [2.24, 2.45) is 0 Å². The van der Waals surface area contributed by atoms with Gasteiger partial charge in [0.25, 0.3) is 0 Å². The molecule has 1 aromatic heterocycles. The maximum Gasteiger partial charge on any atom is 0.326 e. The number of aromatic amines is 1. The summed E-state index contributed by atoms with van der Waals surface area (Å²) in [6, 6.07) is 13.7. The molecule has 0 aliphatic carbocycles. The van der Waals surface area contributed by atoms with Gasteiger partial charge in [0, 0.05) is 25.7 Å². The van der Waals surface area contributed by atoms with Crippen LogP contribution in [0.4, 0.5) is 0 Å².